The van der Waals surface area contributed by atoms with Crippen LogP contribution < -0.4 is 11.1 Å². The molecule has 0 bridgehead atoms. The Labute approximate surface area is 146 Å². The molecule has 1 aliphatic rings. The van der Waals surface area contributed by atoms with Crippen LogP contribution >= 0.6 is 0 Å². The Balaban J connectivity index is 2.06. The lowest BCUT2D eigenvalue weighted by Crippen LogP contribution is -2.36. The Morgan fingerprint density at radius 1 is 1.29 bits per heavy atom. The summed E-state index contributed by atoms with van der Waals surface area (Å²) in [5.74, 6) is 1.50. The van der Waals surface area contributed by atoms with E-state index in [1.165, 1.54) is 17.5 Å². The largest absolute Gasteiger partial charge is 0.378 e. The van der Waals surface area contributed by atoms with E-state index in [4.69, 9.17) is 10.5 Å². The van der Waals surface area contributed by atoms with Gasteiger partial charge in [-0.3, -0.25) is 4.99 Å². The van der Waals surface area contributed by atoms with Crippen LogP contribution in [0, 0.1) is 11.8 Å². The minimum Gasteiger partial charge on any atom is -0.378 e. The third kappa shape index (κ3) is 4.73. The van der Waals surface area contributed by atoms with Crippen molar-refractivity contribution in [1.82, 2.24) is 0 Å². The van der Waals surface area contributed by atoms with Gasteiger partial charge in [0.25, 0.3) is 0 Å². The van der Waals surface area contributed by atoms with Crippen LogP contribution in [0.3, 0.4) is 0 Å². The van der Waals surface area contributed by atoms with Gasteiger partial charge in [0.1, 0.15) is 0 Å². The number of nitrogens with zero attached hydrogens (tertiary/aromatic N) is 1. The molecule has 1 heterocycles. The van der Waals surface area contributed by atoms with Crippen molar-refractivity contribution >= 4 is 11.6 Å². The molecule has 2 atom stereocenters. The molecule has 3 N–H and O–H groups in total. The quantitative estimate of drug-likeness (QED) is 0.612. The van der Waals surface area contributed by atoms with Gasteiger partial charge in [-0.1, -0.05) is 45.9 Å². The topological polar surface area (TPSA) is 59.6 Å². The Kier molecular flexibility index (Phi) is 7.10. The van der Waals surface area contributed by atoms with Crippen LogP contribution in [0.4, 0.5) is 5.69 Å². The number of ether oxygens (including phenoxy) is 1. The van der Waals surface area contributed by atoms with Gasteiger partial charge in [-0.2, -0.15) is 0 Å². The highest BCUT2D eigenvalue weighted by Gasteiger charge is 2.28. The smallest absolute Gasteiger partial charge is 0.193 e. The van der Waals surface area contributed by atoms with Crippen molar-refractivity contribution in [1.29, 1.82) is 0 Å². The maximum absolute atomic E-state index is 6.19. The first-order valence-corrected chi connectivity index (χ1v) is 9.36. The van der Waals surface area contributed by atoms with E-state index in [0.29, 0.717) is 23.9 Å². The predicted molar refractivity (Wildman–Crippen MR) is 103 cm³/mol. The molecule has 1 aromatic carbocycles. The molecular weight excluding hydrogens is 298 g/mol. The zero-order valence-corrected chi connectivity index (χ0v) is 15.6. The summed E-state index contributed by atoms with van der Waals surface area (Å²) in [6.45, 7) is 10.4. The van der Waals surface area contributed by atoms with Crippen LogP contribution in [0.25, 0.3) is 0 Å². The average Bonchev–Trinajstić information content (AvgIpc) is 2.60. The Hall–Kier alpha value is -1.55. The Morgan fingerprint density at radius 2 is 1.96 bits per heavy atom. The number of aliphatic imine (C=N–C) groups is 1. The van der Waals surface area contributed by atoms with E-state index in [2.05, 4.69) is 56.2 Å². The molecule has 1 fully saturated rings. The van der Waals surface area contributed by atoms with Crippen molar-refractivity contribution in [3.8, 4) is 0 Å². The molecule has 1 aromatic rings. The van der Waals surface area contributed by atoms with Crippen LogP contribution in [-0.2, 0) is 17.6 Å². The summed E-state index contributed by atoms with van der Waals surface area (Å²) >= 11 is 0. The number of para-hydroxylation sites is 1. The van der Waals surface area contributed by atoms with Gasteiger partial charge >= 0.3 is 0 Å². The third-order valence-corrected chi connectivity index (χ3v) is 4.90. The second-order valence-electron chi connectivity index (χ2n) is 6.99. The SMILES string of the molecule is CCc1cccc(CC)c1NC(N)=NCC1CCCOC1C(C)C. The van der Waals surface area contributed by atoms with E-state index in [0.717, 1.165) is 38.1 Å². The molecule has 0 spiro atoms. The second kappa shape index (κ2) is 9.07. The van der Waals surface area contributed by atoms with Gasteiger partial charge in [-0.05, 0) is 42.7 Å². The molecule has 24 heavy (non-hydrogen) atoms. The molecule has 0 radical (unpaired) electrons. The standard InChI is InChI=1S/C20H33N3O/c1-5-15-9-7-10-16(6-2)18(15)23-20(21)22-13-17-11-8-12-24-19(17)14(3)4/h7,9-10,14,17,19H,5-6,8,11-13H2,1-4H3,(H3,21,22,23). The summed E-state index contributed by atoms with van der Waals surface area (Å²) in [5.41, 5.74) is 9.89. The third-order valence-electron chi connectivity index (χ3n) is 4.90. The first kappa shape index (κ1) is 18.8. The van der Waals surface area contributed by atoms with Crippen LogP contribution in [0.2, 0.25) is 0 Å². The Bertz CT molecular complexity index is 532. The molecule has 4 nitrogen and oxygen atoms in total. The van der Waals surface area contributed by atoms with E-state index < -0.39 is 0 Å². The van der Waals surface area contributed by atoms with Gasteiger partial charge in [0.2, 0.25) is 0 Å². The van der Waals surface area contributed by atoms with E-state index >= 15 is 0 Å². The number of benzene rings is 1. The van der Waals surface area contributed by atoms with Gasteiger partial charge in [0.15, 0.2) is 5.96 Å². The van der Waals surface area contributed by atoms with Gasteiger partial charge < -0.3 is 15.8 Å². The number of nitrogens with two attached hydrogens (primary N) is 1. The molecule has 2 rings (SSSR count). The lowest BCUT2D eigenvalue weighted by Gasteiger charge is -2.33. The number of aryl methyl sites for hydroxylation is 2. The van der Waals surface area contributed by atoms with Crippen molar-refractivity contribution in [3.63, 3.8) is 0 Å². The number of hydrogen-bond acceptors (Lipinski definition) is 2. The molecule has 1 saturated heterocycles. The molecule has 0 amide bonds. The fraction of sp³-hybridized carbons (Fsp3) is 0.650. The summed E-state index contributed by atoms with van der Waals surface area (Å²) < 4.78 is 5.95. The normalized spacial score (nSPS) is 22.0. The number of nitrogens with one attached hydrogen (secondary N) is 1. The number of anilines is 1. The lowest BCUT2D eigenvalue weighted by molar-refractivity contribution is -0.0491. The zero-order chi connectivity index (χ0) is 17.5. The highest BCUT2D eigenvalue weighted by molar-refractivity contribution is 5.93. The molecule has 2 unspecified atom stereocenters. The number of guanidine groups is 1. The van der Waals surface area contributed by atoms with E-state index in [-0.39, 0.29) is 0 Å². The summed E-state index contributed by atoms with van der Waals surface area (Å²) in [4.78, 5) is 4.63. The van der Waals surface area contributed by atoms with Crippen molar-refractivity contribution in [2.45, 2.75) is 59.5 Å². The maximum Gasteiger partial charge on any atom is 0.193 e. The molecule has 0 aromatic heterocycles. The van der Waals surface area contributed by atoms with Gasteiger partial charge in [-0.15, -0.1) is 0 Å². The van der Waals surface area contributed by atoms with Crippen molar-refractivity contribution in [2.24, 2.45) is 22.6 Å². The second-order valence-corrected chi connectivity index (χ2v) is 6.99. The minimum atomic E-state index is 0.296. The van der Waals surface area contributed by atoms with Gasteiger partial charge in [0, 0.05) is 24.8 Å². The minimum absolute atomic E-state index is 0.296. The zero-order valence-electron chi connectivity index (χ0n) is 15.6. The summed E-state index contributed by atoms with van der Waals surface area (Å²) in [7, 11) is 0. The predicted octanol–water partition coefficient (Wildman–Crippen LogP) is 3.99. The van der Waals surface area contributed by atoms with E-state index in [1.54, 1.807) is 0 Å². The average molecular weight is 332 g/mol. The number of rotatable bonds is 6. The lowest BCUT2D eigenvalue weighted by atomic mass is 9.87. The fourth-order valence-electron chi connectivity index (χ4n) is 3.58. The molecule has 1 aliphatic heterocycles. The molecule has 134 valence electrons. The molecule has 0 saturated carbocycles. The van der Waals surface area contributed by atoms with Crippen molar-refractivity contribution in [2.75, 3.05) is 18.5 Å². The van der Waals surface area contributed by atoms with Crippen LogP contribution in [-0.4, -0.2) is 25.2 Å². The molecular formula is C20H33N3O. The van der Waals surface area contributed by atoms with E-state index in [1.807, 2.05) is 0 Å². The molecule has 4 heteroatoms. The highest BCUT2D eigenvalue weighted by Crippen LogP contribution is 2.27. The highest BCUT2D eigenvalue weighted by atomic mass is 16.5. The van der Waals surface area contributed by atoms with E-state index in [9.17, 15) is 0 Å². The maximum atomic E-state index is 6.19. The monoisotopic (exact) mass is 331 g/mol. The molecule has 0 aliphatic carbocycles. The summed E-state index contributed by atoms with van der Waals surface area (Å²) in [6, 6.07) is 6.42. The number of hydrogen-bond donors (Lipinski definition) is 2. The van der Waals surface area contributed by atoms with Crippen LogP contribution in [0.15, 0.2) is 23.2 Å². The summed E-state index contributed by atoms with van der Waals surface area (Å²) in [6.07, 6.45) is 4.55. The van der Waals surface area contributed by atoms with Gasteiger partial charge in [-0.25, -0.2) is 0 Å². The van der Waals surface area contributed by atoms with Crippen LogP contribution in [0.5, 0.6) is 0 Å². The fourth-order valence-corrected chi connectivity index (χ4v) is 3.58. The van der Waals surface area contributed by atoms with Crippen molar-refractivity contribution in [3.05, 3.63) is 29.3 Å². The van der Waals surface area contributed by atoms with Crippen molar-refractivity contribution < 1.29 is 4.74 Å². The first-order valence-electron chi connectivity index (χ1n) is 9.36. The summed E-state index contributed by atoms with van der Waals surface area (Å²) in [5, 5.41) is 3.35. The van der Waals surface area contributed by atoms with Gasteiger partial charge in [0.05, 0.1) is 6.10 Å². The van der Waals surface area contributed by atoms with Crippen LogP contribution in [0.1, 0.15) is 51.7 Å². The Morgan fingerprint density at radius 3 is 2.54 bits per heavy atom. The first-order chi connectivity index (χ1) is 11.6.